The van der Waals surface area contributed by atoms with Crippen molar-refractivity contribution in [1.82, 2.24) is 15.3 Å². The van der Waals surface area contributed by atoms with E-state index in [2.05, 4.69) is 27.4 Å². The molecule has 1 unspecified atom stereocenters. The van der Waals surface area contributed by atoms with Crippen LogP contribution in [0, 0.1) is 0 Å². The third-order valence-electron chi connectivity index (χ3n) is 3.17. The Labute approximate surface area is 88.9 Å². The standard InChI is InChI=1S/C12H15N3/c1-2-10(7-13-4-1)11-6-9-3-5-14-12(9)8-15-11/h3,5-6,8,10,13-14H,1-2,4,7H2. The summed E-state index contributed by atoms with van der Waals surface area (Å²) in [6.45, 7) is 2.23. The summed E-state index contributed by atoms with van der Waals surface area (Å²) in [7, 11) is 0. The molecule has 0 radical (unpaired) electrons. The zero-order valence-corrected chi connectivity index (χ0v) is 8.66. The molecule has 0 amide bonds. The molecule has 0 bridgehead atoms. The molecule has 0 spiro atoms. The molecule has 78 valence electrons. The fourth-order valence-electron chi connectivity index (χ4n) is 2.30. The molecule has 0 aliphatic carbocycles. The molecule has 3 heteroatoms. The molecule has 1 saturated heterocycles. The summed E-state index contributed by atoms with van der Waals surface area (Å²) in [6.07, 6.45) is 6.43. The first-order valence-corrected chi connectivity index (χ1v) is 5.57. The van der Waals surface area contributed by atoms with Gasteiger partial charge in [-0.05, 0) is 31.5 Å². The van der Waals surface area contributed by atoms with Crippen LogP contribution >= 0.6 is 0 Å². The molecule has 3 heterocycles. The number of nitrogens with zero attached hydrogens (tertiary/aromatic N) is 1. The first kappa shape index (κ1) is 8.92. The van der Waals surface area contributed by atoms with E-state index in [0.717, 1.165) is 18.6 Å². The molecule has 0 aromatic carbocycles. The van der Waals surface area contributed by atoms with E-state index in [4.69, 9.17) is 0 Å². The van der Waals surface area contributed by atoms with Crippen LogP contribution in [0.2, 0.25) is 0 Å². The van der Waals surface area contributed by atoms with Gasteiger partial charge in [0.15, 0.2) is 0 Å². The second kappa shape index (κ2) is 3.66. The van der Waals surface area contributed by atoms with E-state index in [1.165, 1.54) is 23.9 Å². The third-order valence-corrected chi connectivity index (χ3v) is 3.17. The lowest BCUT2D eigenvalue weighted by molar-refractivity contribution is 0.455. The second-order valence-corrected chi connectivity index (χ2v) is 4.22. The van der Waals surface area contributed by atoms with E-state index in [-0.39, 0.29) is 0 Å². The monoisotopic (exact) mass is 201 g/mol. The fourth-order valence-corrected chi connectivity index (χ4v) is 2.30. The molecule has 1 fully saturated rings. The number of pyridine rings is 1. The Morgan fingerprint density at radius 3 is 3.27 bits per heavy atom. The zero-order valence-electron chi connectivity index (χ0n) is 8.66. The molecule has 3 nitrogen and oxygen atoms in total. The van der Waals surface area contributed by atoms with Gasteiger partial charge in [0.25, 0.3) is 0 Å². The molecule has 1 atom stereocenters. The highest BCUT2D eigenvalue weighted by Gasteiger charge is 2.16. The van der Waals surface area contributed by atoms with Gasteiger partial charge >= 0.3 is 0 Å². The summed E-state index contributed by atoms with van der Waals surface area (Å²) in [5.41, 5.74) is 2.36. The quantitative estimate of drug-likeness (QED) is 0.741. The van der Waals surface area contributed by atoms with Crippen LogP contribution in [0.5, 0.6) is 0 Å². The highest BCUT2D eigenvalue weighted by molar-refractivity contribution is 5.78. The Hall–Kier alpha value is -1.35. The number of fused-ring (bicyclic) bond motifs is 1. The van der Waals surface area contributed by atoms with Crippen LogP contribution < -0.4 is 5.32 Å². The van der Waals surface area contributed by atoms with Crippen molar-refractivity contribution in [2.75, 3.05) is 13.1 Å². The second-order valence-electron chi connectivity index (χ2n) is 4.22. The van der Waals surface area contributed by atoms with Gasteiger partial charge in [-0.25, -0.2) is 0 Å². The number of aromatic amines is 1. The average Bonchev–Trinajstić information content (AvgIpc) is 2.77. The Balaban J connectivity index is 1.95. The van der Waals surface area contributed by atoms with Gasteiger partial charge in [-0.3, -0.25) is 4.98 Å². The van der Waals surface area contributed by atoms with Gasteiger partial charge in [0.1, 0.15) is 0 Å². The lowest BCUT2D eigenvalue weighted by Gasteiger charge is -2.22. The molecule has 1 aliphatic heterocycles. The predicted molar refractivity (Wildman–Crippen MR) is 60.9 cm³/mol. The minimum Gasteiger partial charge on any atom is -0.360 e. The molecule has 2 aromatic heterocycles. The van der Waals surface area contributed by atoms with E-state index < -0.39 is 0 Å². The van der Waals surface area contributed by atoms with Crippen LogP contribution in [0.15, 0.2) is 24.5 Å². The molecule has 3 rings (SSSR count). The highest BCUT2D eigenvalue weighted by atomic mass is 14.9. The summed E-state index contributed by atoms with van der Waals surface area (Å²) in [6, 6.07) is 4.32. The molecular weight excluding hydrogens is 186 g/mol. The van der Waals surface area contributed by atoms with Crippen LogP contribution in [0.1, 0.15) is 24.5 Å². The highest BCUT2D eigenvalue weighted by Crippen LogP contribution is 2.23. The zero-order chi connectivity index (χ0) is 10.1. The summed E-state index contributed by atoms with van der Waals surface area (Å²) in [5, 5.41) is 4.70. The van der Waals surface area contributed by atoms with Gasteiger partial charge in [0.05, 0.1) is 11.7 Å². The van der Waals surface area contributed by atoms with Crippen molar-refractivity contribution in [2.45, 2.75) is 18.8 Å². The number of rotatable bonds is 1. The fraction of sp³-hybridized carbons (Fsp3) is 0.417. The number of H-pyrrole nitrogens is 1. The van der Waals surface area contributed by atoms with Gasteiger partial charge < -0.3 is 10.3 Å². The van der Waals surface area contributed by atoms with Gasteiger partial charge in [-0.2, -0.15) is 0 Å². The number of hydrogen-bond donors (Lipinski definition) is 2. The lowest BCUT2D eigenvalue weighted by atomic mass is 9.95. The number of aromatic nitrogens is 2. The smallest absolute Gasteiger partial charge is 0.0640 e. The van der Waals surface area contributed by atoms with Gasteiger partial charge in [-0.15, -0.1) is 0 Å². The predicted octanol–water partition coefficient (Wildman–Crippen LogP) is 2.03. The average molecular weight is 201 g/mol. The van der Waals surface area contributed by atoms with Crippen LogP contribution in [0.25, 0.3) is 10.9 Å². The summed E-state index contributed by atoms with van der Waals surface area (Å²) in [5.74, 6) is 0.595. The minimum atomic E-state index is 0.595. The topological polar surface area (TPSA) is 40.7 Å². The Bertz CT molecular complexity index is 455. The van der Waals surface area contributed by atoms with E-state index in [9.17, 15) is 0 Å². The van der Waals surface area contributed by atoms with Crippen LogP contribution in [-0.2, 0) is 0 Å². The minimum absolute atomic E-state index is 0.595. The normalized spacial score (nSPS) is 22.0. The third kappa shape index (κ3) is 1.63. The summed E-state index contributed by atoms with van der Waals surface area (Å²) < 4.78 is 0. The first-order valence-electron chi connectivity index (χ1n) is 5.57. The van der Waals surface area contributed by atoms with E-state index in [1.807, 2.05) is 12.4 Å². The SMILES string of the molecule is c1cc2cc(C3CCCNC3)ncc2[nH]1. The first-order chi connectivity index (χ1) is 7.43. The van der Waals surface area contributed by atoms with Crippen molar-refractivity contribution in [3.05, 3.63) is 30.2 Å². The van der Waals surface area contributed by atoms with Crippen LogP contribution in [-0.4, -0.2) is 23.1 Å². The van der Waals surface area contributed by atoms with Crippen molar-refractivity contribution in [3.63, 3.8) is 0 Å². The molecule has 2 N–H and O–H groups in total. The van der Waals surface area contributed by atoms with Gasteiger partial charge in [0, 0.05) is 29.7 Å². The maximum absolute atomic E-state index is 4.53. The molecular formula is C12H15N3. The van der Waals surface area contributed by atoms with E-state index >= 15 is 0 Å². The van der Waals surface area contributed by atoms with Gasteiger partial charge in [-0.1, -0.05) is 0 Å². The molecule has 15 heavy (non-hydrogen) atoms. The van der Waals surface area contributed by atoms with Crippen molar-refractivity contribution in [3.8, 4) is 0 Å². The van der Waals surface area contributed by atoms with Crippen molar-refractivity contribution in [2.24, 2.45) is 0 Å². The Morgan fingerprint density at radius 2 is 2.40 bits per heavy atom. The van der Waals surface area contributed by atoms with Crippen LogP contribution in [0.4, 0.5) is 0 Å². The Kier molecular flexibility index (Phi) is 2.18. The van der Waals surface area contributed by atoms with E-state index in [1.54, 1.807) is 0 Å². The largest absolute Gasteiger partial charge is 0.360 e. The van der Waals surface area contributed by atoms with E-state index in [0.29, 0.717) is 5.92 Å². The van der Waals surface area contributed by atoms with Crippen molar-refractivity contribution in [1.29, 1.82) is 0 Å². The number of piperidine rings is 1. The summed E-state index contributed by atoms with van der Waals surface area (Å²) >= 11 is 0. The Morgan fingerprint density at radius 1 is 1.40 bits per heavy atom. The molecule has 0 saturated carbocycles. The van der Waals surface area contributed by atoms with Crippen molar-refractivity contribution >= 4 is 10.9 Å². The van der Waals surface area contributed by atoms with Gasteiger partial charge in [0.2, 0.25) is 0 Å². The number of nitrogens with one attached hydrogen (secondary N) is 2. The summed E-state index contributed by atoms with van der Waals surface area (Å²) in [4.78, 5) is 7.70. The maximum Gasteiger partial charge on any atom is 0.0640 e. The van der Waals surface area contributed by atoms with Crippen molar-refractivity contribution < 1.29 is 0 Å². The lowest BCUT2D eigenvalue weighted by Crippen LogP contribution is -2.28. The number of hydrogen-bond acceptors (Lipinski definition) is 2. The van der Waals surface area contributed by atoms with Crippen LogP contribution in [0.3, 0.4) is 0 Å². The maximum atomic E-state index is 4.53. The molecule has 1 aliphatic rings. The molecule has 2 aromatic rings.